The molecule has 0 spiro atoms. The predicted molar refractivity (Wildman–Crippen MR) is 73.1 cm³/mol. The first kappa shape index (κ1) is 12.8. The summed E-state index contributed by atoms with van der Waals surface area (Å²) in [5, 5.41) is 9.03. The van der Waals surface area contributed by atoms with Gasteiger partial charge in [0.2, 0.25) is 0 Å². The maximum atomic E-state index is 12.5. The van der Waals surface area contributed by atoms with Crippen molar-refractivity contribution in [2.24, 2.45) is 0 Å². The maximum absolute atomic E-state index is 12.5. The van der Waals surface area contributed by atoms with E-state index >= 15 is 0 Å². The highest BCUT2D eigenvalue weighted by atomic mass is 32.2. The van der Waals surface area contributed by atoms with E-state index in [4.69, 9.17) is 5.11 Å². The largest absolute Gasteiger partial charge is 0.391 e. The van der Waals surface area contributed by atoms with Gasteiger partial charge in [-0.1, -0.05) is 24.3 Å². The number of fused-ring (bicyclic) bond motifs is 1. The molecule has 6 heteroatoms. The first-order valence-electron chi connectivity index (χ1n) is 5.88. The molecule has 4 nitrogen and oxygen atoms in total. The molecule has 3 rings (SSSR count). The molecule has 19 heavy (non-hydrogen) atoms. The van der Waals surface area contributed by atoms with Gasteiger partial charge < -0.3 is 5.11 Å². The molecule has 0 bridgehead atoms. The maximum Gasteiger partial charge on any atom is 0.253 e. The Bertz CT molecular complexity index is 681. The fourth-order valence-electron chi connectivity index (χ4n) is 2.18. The van der Waals surface area contributed by atoms with Crippen LogP contribution >= 0.6 is 11.3 Å². The zero-order chi connectivity index (χ0) is 13.5. The average molecular weight is 295 g/mol. The molecular formula is C13H13NO3S2. The van der Waals surface area contributed by atoms with Crippen LogP contribution in [0.5, 0.6) is 0 Å². The minimum Gasteiger partial charge on any atom is -0.391 e. The number of rotatable bonds is 3. The van der Waals surface area contributed by atoms with E-state index in [1.807, 2.05) is 24.3 Å². The fraction of sp³-hybridized carbons (Fsp3) is 0.231. The van der Waals surface area contributed by atoms with Crippen molar-refractivity contribution >= 4 is 21.4 Å². The molecule has 1 aliphatic heterocycles. The van der Waals surface area contributed by atoms with Gasteiger partial charge in [0.05, 0.1) is 6.61 Å². The van der Waals surface area contributed by atoms with E-state index < -0.39 is 10.0 Å². The monoisotopic (exact) mass is 295 g/mol. The zero-order valence-electron chi connectivity index (χ0n) is 10.1. The Morgan fingerprint density at radius 3 is 2.26 bits per heavy atom. The van der Waals surface area contributed by atoms with Crippen molar-refractivity contribution in [2.45, 2.75) is 23.9 Å². The van der Waals surface area contributed by atoms with Crippen molar-refractivity contribution in [1.82, 2.24) is 4.31 Å². The lowest BCUT2D eigenvalue weighted by Gasteiger charge is -2.13. The number of benzene rings is 1. The zero-order valence-corrected chi connectivity index (χ0v) is 11.7. The van der Waals surface area contributed by atoms with Gasteiger partial charge in [0.1, 0.15) is 4.21 Å². The molecular weight excluding hydrogens is 282 g/mol. The second-order valence-corrected chi connectivity index (χ2v) is 7.75. The molecule has 1 aromatic carbocycles. The Hall–Kier alpha value is -1.21. The quantitative estimate of drug-likeness (QED) is 0.941. The first-order chi connectivity index (χ1) is 9.11. The Morgan fingerprint density at radius 2 is 1.74 bits per heavy atom. The number of sulfonamides is 1. The first-order valence-corrected chi connectivity index (χ1v) is 8.13. The standard InChI is InChI=1S/C13H13NO3S2/c15-9-12-5-6-13(18-12)19(16,17)14-7-10-3-1-2-4-11(10)8-14/h1-6,15H,7-9H2. The van der Waals surface area contributed by atoms with E-state index in [1.54, 1.807) is 12.1 Å². The van der Waals surface area contributed by atoms with Gasteiger partial charge in [0.15, 0.2) is 0 Å². The van der Waals surface area contributed by atoms with E-state index in [9.17, 15) is 8.42 Å². The number of nitrogens with zero attached hydrogens (tertiary/aromatic N) is 1. The molecule has 0 saturated heterocycles. The van der Waals surface area contributed by atoms with Crippen LogP contribution in [0.2, 0.25) is 0 Å². The summed E-state index contributed by atoms with van der Waals surface area (Å²) in [6.45, 7) is 0.718. The molecule has 0 fully saturated rings. The molecule has 1 N–H and O–H groups in total. The Kier molecular flexibility index (Phi) is 3.18. The highest BCUT2D eigenvalue weighted by Crippen LogP contribution is 2.31. The smallest absolute Gasteiger partial charge is 0.253 e. The van der Waals surface area contributed by atoms with E-state index in [1.165, 1.54) is 4.31 Å². The van der Waals surface area contributed by atoms with Crippen LogP contribution in [0.15, 0.2) is 40.6 Å². The third-order valence-corrected chi connectivity index (χ3v) is 6.53. The fourth-order valence-corrected chi connectivity index (χ4v) is 4.95. The lowest BCUT2D eigenvalue weighted by atomic mass is 10.1. The second-order valence-electron chi connectivity index (χ2n) is 4.42. The van der Waals surface area contributed by atoms with Crippen molar-refractivity contribution in [3.63, 3.8) is 0 Å². The van der Waals surface area contributed by atoms with Crippen LogP contribution in [0.25, 0.3) is 0 Å². The van der Waals surface area contributed by atoms with Crippen molar-refractivity contribution in [3.05, 3.63) is 52.4 Å². The van der Waals surface area contributed by atoms with E-state index in [0.29, 0.717) is 22.2 Å². The van der Waals surface area contributed by atoms with Crippen molar-refractivity contribution in [1.29, 1.82) is 0 Å². The van der Waals surface area contributed by atoms with Crippen molar-refractivity contribution in [2.75, 3.05) is 0 Å². The molecule has 2 heterocycles. The SMILES string of the molecule is O=S(=O)(c1ccc(CO)s1)N1Cc2ccccc2C1. The summed E-state index contributed by atoms with van der Waals surface area (Å²) in [5.74, 6) is 0. The van der Waals surface area contributed by atoms with Crippen LogP contribution < -0.4 is 0 Å². The number of hydrogen-bond acceptors (Lipinski definition) is 4. The number of aliphatic hydroxyl groups excluding tert-OH is 1. The van der Waals surface area contributed by atoms with Gasteiger partial charge in [0.25, 0.3) is 10.0 Å². The van der Waals surface area contributed by atoms with Crippen LogP contribution in [-0.4, -0.2) is 17.8 Å². The summed E-state index contributed by atoms with van der Waals surface area (Å²) in [6, 6.07) is 11.0. The Morgan fingerprint density at radius 1 is 1.11 bits per heavy atom. The summed E-state index contributed by atoms with van der Waals surface area (Å²) in [4.78, 5) is 0.662. The van der Waals surface area contributed by atoms with Gasteiger partial charge >= 0.3 is 0 Å². The Labute approximate surface area is 116 Å². The summed E-state index contributed by atoms with van der Waals surface area (Å²) in [7, 11) is -3.45. The normalized spacial score (nSPS) is 15.6. The van der Waals surface area contributed by atoms with Crippen LogP contribution in [-0.2, 0) is 29.7 Å². The van der Waals surface area contributed by atoms with Gasteiger partial charge in [-0.25, -0.2) is 8.42 Å². The predicted octanol–water partition coefficient (Wildman–Crippen LogP) is 1.94. The summed E-state index contributed by atoms with van der Waals surface area (Å²) < 4.78 is 26.7. The highest BCUT2D eigenvalue weighted by molar-refractivity contribution is 7.91. The van der Waals surface area contributed by atoms with E-state index in [2.05, 4.69) is 0 Å². The van der Waals surface area contributed by atoms with Gasteiger partial charge in [-0.3, -0.25) is 0 Å². The molecule has 1 aromatic heterocycles. The van der Waals surface area contributed by atoms with E-state index in [-0.39, 0.29) is 6.61 Å². The molecule has 2 aromatic rings. The lowest BCUT2D eigenvalue weighted by molar-refractivity contribution is 0.285. The molecule has 0 radical (unpaired) electrons. The number of thiophene rings is 1. The lowest BCUT2D eigenvalue weighted by Crippen LogP contribution is -2.24. The van der Waals surface area contributed by atoms with Gasteiger partial charge in [-0.2, -0.15) is 4.31 Å². The molecule has 100 valence electrons. The average Bonchev–Trinajstić information content (AvgIpc) is 3.05. The number of hydrogen-bond donors (Lipinski definition) is 1. The molecule has 0 saturated carbocycles. The van der Waals surface area contributed by atoms with Crippen molar-refractivity contribution in [3.8, 4) is 0 Å². The van der Waals surface area contributed by atoms with Crippen LogP contribution in [0, 0.1) is 0 Å². The third kappa shape index (κ3) is 2.21. The Balaban J connectivity index is 1.91. The van der Waals surface area contributed by atoms with Gasteiger partial charge in [-0.05, 0) is 23.3 Å². The van der Waals surface area contributed by atoms with Crippen LogP contribution in [0.3, 0.4) is 0 Å². The van der Waals surface area contributed by atoms with E-state index in [0.717, 1.165) is 22.5 Å². The summed E-state index contributed by atoms with van der Waals surface area (Å²) >= 11 is 1.13. The van der Waals surface area contributed by atoms with Crippen molar-refractivity contribution < 1.29 is 13.5 Å². The van der Waals surface area contributed by atoms with Gasteiger partial charge in [-0.15, -0.1) is 11.3 Å². The minimum atomic E-state index is -3.45. The van der Waals surface area contributed by atoms with Gasteiger partial charge in [0, 0.05) is 18.0 Å². The van der Waals surface area contributed by atoms with Crippen LogP contribution in [0.4, 0.5) is 0 Å². The summed E-state index contributed by atoms with van der Waals surface area (Å²) in [6.07, 6.45) is 0. The third-order valence-electron chi connectivity index (χ3n) is 3.20. The highest BCUT2D eigenvalue weighted by Gasteiger charge is 2.31. The molecule has 0 atom stereocenters. The molecule has 0 aliphatic carbocycles. The molecule has 0 unspecified atom stereocenters. The van der Waals surface area contributed by atoms with Crippen LogP contribution in [0.1, 0.15) is 16.0 Å². The second kappa shape index (κ2) is 4.72. The number of aliphatic hydroxyl groups is 1. The topological polar surface area (TPSA) is 57.6 Å². The summed E-state index contributed by atoms with van der Waals surface area (Å²) in [5.41, 5.74) is 2.12. The molecule has 1 aliphatic rings. The minimum absolute atomic E-state index is 0.125. The molecule has 0 amide bonds.